The van der Waals surface area contributed by atoms with Crippen LogP contribution in [-0.4, -0.2) is 25.8 Å². The Hall–Kier alpha value is -0.0800. The molecule has 2 nitrogen and oxygen atoms in total. The van der Waals surface area contributed by atoms with E-state index < -0.39 is 0 Å². The average Bonchev–Trinajstić information content (AvgIpc) is 2.25. The molecule has 0 bridgehead atoms. The van der Waals surface area contributed by atoms with E-state index in [4.69, 9.17) is 4.74 Å². The standard InChI is InChI=1S/C14H31NO/c1-5-9-13(4)12-14(15-6-2)10-8-11-16-7-3/h13-15H,5-12H2,1-4H3. The first-order chi connectivity index (χ1) is 7.74. The Kier molecular flexibility index (Phi) is 11.3. The number of hydrogen-bond acceptors (Lipinski definition) is 2. The van der Waals surface area contributed by atoms with Gasteiger partial charge in [0, 0.05) is 19.3 Å². The summed E-state index contributed by atoms with van der Waals surface area (Å²) in [4.78, 5) is 0. The van der Waals surface area contributed by atoms with Crippen molar-refractivity contribution in [1.29, 1.82) is 0 Å². The van der Waals surface area contributed by atoms with Gasteiger partial charge >= 0.3 is 0 Å². The average molecular weight is 229 g/mol. The molecule has 0 saturated carbocycles. The quantitative estimate of drug-likeness (QED) is 0.547. The Labute approximate surface area is 102 Å². The van der Waals surface area contributed by atoms with Gasteiger partial charge in [-0.05, 0) is 38.6 Å². The van der Waals surface area contributed by atoms with Crippen molar-refractivity contribution in [3.05, 3.63) is 0 Å². The molecule has 0 saturated heterocycles. The second kappa shape index (κ2) is 11.4. The molecule has 0 aromatic carbocycles. The smallest absolute Gasteiger partial charge is 0.0466 e. The lowest BCUT2D eigenvalue weighted by atomic mass is 9.95. The zero-order chi connectivity index (χ0) is 12.2. The third kappa shape index (κ3) is 9.17. The molecule has 0 spiro atoms. The van der Waals surface area contributed by atoms with Gasteiger partial charge in [-0.2, -0.15) is 0 Å². The first-order valence-corrected chi connectivity index (χ1v) is 7.05. The fraction of sp³-hybridized carbons (Fsp3) is 1.00. The lowest BCUT2D eigenvalue weighted by Gasteiger charge is -2.21. The van der Waals surface area contributed by atoms with Gasteiger partial charge < -0.3 is 10.1 Å². The molecule has 2 heteroatoms. The van der Waals surface area contributed by atoms with E-state index in [1.807, 2.05) is 0 Å². The molecule has 0 rings (SSSR count). The largest absolute Gasteiger partial charge is 0.382 e. The summed E-state index contributed by atoms with van der Waals surface area (Å²) < 4.78 is 5.39. The van der Waals surface area contributed by atoms with Crippen molar-refractivity contribution in [2.45, 2.75) is 65.8 Å². The van der Waals surface area contributed by atoms with Crippen molar-refractivity contribution in [3.63, 3.8) is 0 Å². The van der Waals surface area contributed by atoms with E-state index >= 15 is 0 Å². The van der Waals surface area contributed by atoms with Crippen LogP contribution in [0, 0.1) is 5.92 Å². The molecule has 16 heavy (non-hydrogen) atoms. The van der Waals surface area contributed by atoms with Crippen molar-refractivity contribution in [1.82, 2.24) is 5.32 Å². The first-order valence-electron chi connectivity index (χ1n) is 7.05. The van der Waals surface area contributed by atoms with E-state index in [1.54, 1.807) is 0 Å². The van der Waals surface area contributed by atoms with E-state index in [2.05, 4.69) is 33.0 Å². The Morgan fingerprint density at radius 3 is 2.44 bits per heavy atom. The maximum atomic E-state index is 5.39. The van der Waals surface area contributed by atoms with Crippen LogP contribution in [0.4, 0.5) is 0 Å². The molecule has 0 aliphatic carbocycles. The molecule has 0 amide bonds. The highest BCUT2D eigenvalue weighted by Crippen LogP contribution is 2.15. The van der Waals surface area contributed by atoms with Crippen LogP contribution in [0.5, 0.6) is 0 Å². The van der Waals surface area contributed by atoms with Gasteiger partial charge in [-0.1, -0.05) is 33.6 Å². The third-order valence-electron chi connectivity index (χ3n) is 3.01. The first kappa shape index (κ1) is 15.9. The van der Waals surface area contributed by atoms with E-state index in [0.717, 1.165) is 25.7 Å². The van der Waals surface area contributed by atoms with E-state index in [1.165, 1.54) is 32.1 Å². The fourth-order valence-electron chi connectivity index (χ4n) is 2.26. The van der Waals surface area contributed by atoms with Gasteiger partial charge in [-0.15, -0.1) is 0 Å². The number of rotatable bonds is 11. The predicted octanol–water partition coefficient (Wildman–Crippen LogP) is 3.61. The maximum Gasteiger partial charge on any atom is 0.0466 e. The normalized spacial score (nSPS) is 15.0. The number of hydrogen-bond donors (Lipinski definition) is 1. The third-order valence-corrected chi connectivity index (χ3v) is 3.01. The highest BCUT2D eigenvalue weighted by Gasteiger charge is 2.11. The molecule has 0 aromatic heterocycles. The second-order valence-electron chi connectivity index (χ2n) is 4.72. The summed E-state index contributed by atoms with van der Waals surface area (Å²) >= 11 is 0. The summed E-state index contributed by atoms with van der Waals surface area (Å²) in [5, 5.41) is 3.59. The van der Waals surface area contributed by atoms with Gasteiger partial charge in [-0.3, -0.25) is 0 Å². The van der Waals surface area contributed by atoms with Crippen molar-refractivity contribution < 1.29 is 4.74 Å². The molecule has 1 N–H and O–H groups in total. The molecule has 0 radical (unpaired) electrons. The van der Waals surface area contributed by atoms with Gasteiger partial charge in [0.05, 0.1) is 0 Å². The molecule has 0 heterocycles. The molecular weight excluding hydrogens is 198 g/mol. The molecule has 0 aliphatic heterocycles. The van der Waals surface area contributed by atoms with Crippen LogP contribution >= 0.6 is 0 Å². The number of ether oxygens (including phenoxy) is 1. The summed E-state index contributed by atoms with van der Waals surface area (Å²) in [7, 11) is 0. The van der Waals surface area contributed by atoms with Gasteiger partial charge in [0.2, 0.25) is 0 Å². The zero-order valence-electron chi connectivity index (χ0n) is 11.7. The molecule has 2 atom stereocenters. The molecule has 0 aliphatic rings. The van der Waals surface area contributed by atoms with Crippen molar-refractivity contribution in [3.8, 4) is 0 Å². The van der Waals surface area contributed by atoms with Crippen LogP contribution in [0.25, 0.3) is 0 Å². The highest BCUT2D eigenvalue weighted by molar-refractivity contribution is 4.69. The maximum absolute atomic E-state index is 5.39. The predicted molar refractivity (Wildman–Crippen MR) is 71.9 cm³/mol. The summed E-state index contributed by atoms with van der Waals surface area (Å²) in [5.74, 6) is 0.848. The van der Waals surface area contributed by atoms with E-state index in [-0.39, 0.29) is 0 Å². The minimum atomic E-state index is 0.687. The van der Waals surface area contributed by atoms with Crippen LogP contribution in [0.15, 0.2) is 0 Å². The Balaban J connectivity index is 3.68. The second-order valence-corrected chi connectivity index (χ2v) is 4.72. The van der Waals surface area contributed by atoms with Crippen LogP contribution in [0.1, 0.15) is 59.8 Å². The monoisotopic (exact) mass is 229 g/mol. The summed E-state index contributed by atoms with van der Waals surface area (Å²) in [6, 6.07) is 0.687. The summed E-state index contributed by atoms with van der Waals surface area (Å²) in [6.07, 6.45) is 6.41. The summed E-state index contributed by atoms with van der Waals surface area (Å²) in [5.41, 5.74) is 0. The molecule has 0 aromatic rings. The van der Waals surface area contributed by atoms with Gasteiger partial charge in [0.25, 0.3) is 0 Å². The molecule has 98 valence electrons. The van der Waals surface area contributed by atoms with Gasteiger partial charge in [0.15, 0.2) is 0 Å². The lowest BCUT2D eigenvalue weighted by Crippen LogP contribution is -2.31. The molecule has 2 unspecified atom stereocenters. The van der Waals surface area contributed by atoms with Crippen LogP contribution in [0.2, 0.25) is 0 Å². The lowest BCUT2D eigenvalue weighted by molar-refractivity contribution is 0.139. The van der Waals surface area contributed by atoms with E-state index in [0.29, 0.717) is 6.04 Å². The molecule has 0 fully saturated rings. The topological polar surface area (TPSA) is 21.3 Å². The highest BCUT2D eigenvalue weighted by atomic mass is 16.5. The van der Waals surface area contributed by atoms with Crippen molar-refractivity contribution in [2.24, 2.45) is 5.92 Å². The minimum Gasteiger partial charge on any atom is -0.382 e. The van der Waals surface area contributed by atoms with E-state index in [9.17, 15) is 0 Å². The SMILES string of the molecule is CCCC(C)CC(CCCOCC)NCC. The van der Waals surface area contributed by atoms with Crippen molar-refractivity contribution >= 4 is 0 Å². The van der Waals surface area contributed by atoms with Gasteiger partial charge in [-0.25, -0.2) is 0 Å². The summed E-state index contributed by atoms with van der Waals surface area (Å²) in [6.45, 7) is 11.7. The van der Waals surface area contributed by atoms with Crippen LogP contribution in [0.3, 0.4) is 0 Å². The Bertz CT molecular complexity index is 139. The van der Waals surface area contributed by atoms with Crippen LogP contribution < -0.4 is 5.32 Å². The zero-order valence-corrected chi connectivity index (χ0v) is 11.7. The van der Waals surface area contributed by atoms with Crippen LogP contribution in [-0.2, 0) is 4.74 Å². The molecular formula is C14H31NO. The Morgan fingerprint density at radius 2 is 1.88 bits per heavy atom. The van der Waals surface area contributed by atoms with Crippen molar-refractivity contribution in [2.75, 3.05) is 19.8 Å². The van der Waals surface area contributed by atoms with Gasteiger partial charge in [0.1, 0.15) is 0 Å². The fourth-order valence-corrected chi connectivity index (χ4v) is 2.26. The Morgan fingerprint density at radius 1 is 1.12 bits per heavy atom. The number of nitrogens with one attached hydrogen (secondary N) is 1. The minimum absolute atomic E-state index is 0.687.